The third-order valence-corrected chi connectivity index (χ3v) is 18.9. The molecule has 1 fully saturated rings. The summed E-state index contributed by atoms with van der Waals surface area (Å²) in [5.74, 6) is -5.80. The van der Waals surface area contributed by atoms with E-state index in [4.69, 9.17) is 0 Å². The molecule has 0 bridgehead atoms. The summed E-state index contributed by atoms with van der Waals surface area (Å²) in [5.41, 5.74) is 7.54. The van der Waals surface area contributed by atoms with Gasteiger partial charge in [-0.25, -0.2) is 18.2 Å². The minimum atomic E-state index is -0.670. The molecule has 7 aromatic rings. The van der Waals surface area contributed by atoms with Crippen LogP contribution in [0.4, 0.5) is 30.2 Å². The molecule has 0 unspecified atom stereocenters. The zero-order valence-corrected chi connectivity index (χ0v) is 55.1. The van der Waals surface area contributed by atoms with Crippen LogP contribution in [-0.4, -0.2) is 95.0 Å². The van der Waals surface area contributed by atoms with Gasteiger partial charge in [-0.05, 0) is 200 Å². The molecule has 0 saturated heterocycles. The van der Waals surface area contributed by atoms with Crippen molar-refractivity contribution in [3.05, 3.63) is 173 Å². The molecule has 5 N–H and O–H groups in total. The third kappa shape index (κ3) is 15.2. The third-order valence-electron chi connectivity index (χ3n) is 17.9. The Balaban J connectivity index is 0.000000154. The lowest BCUT2D eigenvalue weighted by molar-refractivity contribution is -0.127. The Morgan fingerprint density at radius 2 is 0.936 bits per heavy atom. The first-order valence-corrected chi connectivity index (χ1v) is 32.9. The van der Waals surface area contributed by atoms with Gasteiger partial charge >= 0.3 is 0 Å². The predicted octanol–water partition coefficient (Wildman–Crippen LogP) is 11.7. The molecule has 19 nitrogen and oxygen atoms in total. The van der Waals surface area contributed by atoms with Gasteiger partial charge in [-0.1, -0.05) is 27.7 Å². The number of carbonyl (C=O) groups is 9. The molecule has 1 saturated carbocycles. The van der Waals surface area contributed by atoms with Gasteiger partial charge in [0.1, 0.15) is 17.5 Å². The number of nitrogens with one attached hydrogen (secondary N) is 5. The van der Waals surface area contributed by atoms with Crippen LogP contribution in [-0.2, 0) is 66.2 Å². The van der Waals surface area contributed by atoms with Crippen molar-refractivity contribution in [3.8, 4) is 0 Å². The average molecular weight is 1310 g/mol. The Hall–Kier alpha value is -9.25. The highest BCUT2D eigenvalue weighted by Crippen LogP contribution is 2.39. The van der Waals surface area contributed by atoms with Crippen molar-refractivity contribution in [3.63, 3.8) is 0 Å². The Morgan fingerprint density at radius 1 is 0.532 bits per heavy atom. The maximum atomic E-state index is 13.6. The molecule has 8 heterocycles. The zero-order chi connectivity index (χ0) is 67.5. The fourth-order valence-electron chi connectivity index (χ4n) is 12.4. The molecular formula is C71H79F3N10O9S. The molecule has 94 heavy (non-hydrogen) atoms. The molecule has 4 aromatic heterocycles. The first-order chi connectivity index (χ1) is 44.7. The summed E-state index contributed by atoms with van der Waals surface area (Å²) in [6.45, 7) is 17.7. The summed E-state index contributed by atoms with van der Waals surface area (Å²) in [6.07, 6.45) is 10.6. The van der Waals surface area contributed by atoms with Crippen molar-refractivity contribution >= 4 is 81.2 Å². The molecule has 1 aliphatic carbocycles. The van der Waals surface area contributed by atoms with E-state index in [0.29, 0.717) is 115 Å². The largest absolute Gasteiger partial charge is 0.349 e. The molecule has 5 aliphatic rings. The smallest absolute Gasteiger partial charge is 0.296 e. The summed E-state index contributed by atoms with van der Waals surface area (Å²) in [6, 6.07) is 17.7. The second kappa shape index (κ2) is 28.1. The van der Waals surface area contributed by atoms with Crippen LogP contribution in [0, 0.1) is 50.6 Å². The lowest BCUT2D eigenvalue weighted by Gasteiger charge is -2.26. The van der Waals surface area contributed by atoms with Crippen LogP contribution in [0.1, 0.15) is 197 Å². The first-order valence-electron chi connectivity index (χ1n) is 32.1. The molecular weight excluding hydrogens is 1230 g/mol. The lowest BCUT2D eigenvalue weighted by Crippen LogP contribution is -2.41. The van der Waals surface area contributed by atoms with Gasteiger partial charge in [-0.3, -0.25) is 43.2 Å². The minimum absolute atomic E-state index is 0.146. The van der Waals surface area contributed by atoms with Gasteiger partial charge < -0.3 is 45.2 Å². The van der Waals surface area contributed by atoms with Gasteiger partial charge in [0.2, 0.25) is 0 Å². The highest BCUT2D eigenvalue weighted by molar-refractivity contribution is 7.11. The fourth-order valence-corrected chi connectivity index (χ4v) is 13.4. The Morgan fingerprint density at radius 3 is 1.32 bits per heavy atom. The molecule has 6 amide bonds. The number of hydrogen-bond acceptors (Lipinski definition) is 11. The molecule has 0 radical (unpaired) electrons. The number of halogens is 3. The summed E-state index contributed by atoms with van der Waals surface area (Å²) in [4.78, 5) is 123. The number of fused-ring (bicyclic) bond motifs is 4. The van der Waals surface area contributed by atoms with Gasteiger partial charge in [-0.15, -0.1) is 11.3 Å². The van der Waals surface area contributed by atoms with E-state index in [1.54, 1.807) is 65.8 Å². The van der Waals surface area contributed by atoms with Crippen LogP contribution in [0.3, 0.4) is 0 Å². The monoisotopic (exact) mass is 1300 g/mol. The summed E-state index contributed by atoms with van der Waals surface area (Å²) in [5, 5.41) is 14.9. The number of anilines is 3. The van der Waals surface area contributed by atoms with E-state index in [2.05, 4.69) is 31.6 Å². The van der Waals surface area contributed by atoms with Crippen LogP contribution in [0.5, 0.6) is 0 Å². The molecule has 4 aliphatic heterocycles. The molecule has 23 heteroatoms. The number of amides is 6. The average Bonchev–Trinajstić information content (AvgIpc) is 1.64. The molecule has 0 atom stereocenters. The van der Waals surface area contributed by atoms with Crippen LogP contribution < -0.4 is 26.6 Å². The van der Waals surface area contributed by atoms with Crippen molar-refractivity contribution < 1.29 is 56.3 Å². The fraction of sp³-hybridized carbons (Fsp3) is 0.408. The van der Waals surface area contributed by atoms with Gasteiger partial charge in [0, 0.05) is 83.7 Å². The zero-order valence-electron chi connectivity index (χ0n) is 54.3. The van der Waals surface area contributed by atoms with Crippen molar-refractivity contribution in [1.82, 2.24) is 34.2 Å². The van der Waals surface area contributed by atoms with Gasteiger partial charge in [0.25, 0.3) is 52.8 Å². The minimum Gasteiger partial charge on any atom is -0.349 e. The molecule has 12 rings (SSSR count). The van der Waals surface area contributed by atoms with Crippen molar-refractivity contribution in [2.75, 3.05) is 29.0 Å². The number of rotatable bonds is 15. The number of carbonyl (C=O) groups excluding carboxylic acids is 9. The molecule has 3 aromatic carbocycles. The number of aryl methyl sites for hydroxylation is 4. The summed E-state index contributed by atoms with van der Waals surface area (Å²) < 4.78 is 46.0. The quantitative estimate of drug-likeness (QED) is 0.0480. The lowest BCUT2D eigenvalue weighted by atomic mass is 9.97. The SMILES string of the molecule is CCC1(NC(=O)C(=O)c2cc(C(=O)Nc3ccc(F)c(C)c3)c3n2CCCC3)CC1.Cc1cc(NC(=O)c2cc(C(=O)C(=O)NCC(C)(C)C)n3c2CCCC3)ccc1F.Cc1nc2c(s1)CN(C(=O)C(=O)c1cc(C(=O)Nc3ccc(F)c(C)c3)c3n1CCCC3)CC2. The van der Waals surface area contributed by atoms with Gasteiger partial charge in [-0.2, -0.15) is 0 Å². The molecule has 0 spiro atoms. The van der Waals surface area contributed by atoms with E-state index in [1.807, 2.05) is 43.8 Å². The van der Waals surface area contributed by atoms with E-state index < -0.39 is 35.1 Å². The van der Waals surface area contributed by atoms with E-state index >= 15 is 0 Å². The first kappa shape index (κ1) is 67.6. The van der Waals surface area contributed by atoms with Crippen LogP contribution in [0.2, 0.25) is 0 Å². The topological polar surface area (TPSA) is 245 Å². The number of benzene rings is 3. The van der Waals surface area contributed by atoms with Crippen molar-refractivity contribution in [2.45, 2.75) is 171 Å². The Kier molecular flexibility index (Phi) is 20.2. The highest BCUT2D eigenvalue weighted by atomic mass is 32.1. The number of aromatic nitrogens is 4. The summed E-state index contributed by atoms with van der Waals surface area (Å²) >= 11 is 1.55. The second-order valence-electron chi connectivity index (χ2n) is 26.1. The standard InChI is InChI=1S/C25H25FN4O3S.C23H26FN3O3.C23H28FN3O3/c1-14-11-16(6-7-18(14)26)28-24(32)17-12-21(30-9-4-3-5-20(17)30)23(31)25(33)29-10-8-19-22(13-29)34-15(2)27-19;1-3-23(9-10-23)26-22(30)20(28)19-13-16(18-6-4-5-11-27(18)19)21(29)25-15-7-8-17(24)14(2)12-15;1-14-11-15(8-9-17(14)24)26-21(29)16-12-19(27-10-6-5-7-18(16)27)20(28)22(30)25-13-23(2,3)4/h6-7,11-12H,3-5,8-10,13H2,1-2H3,(H,28,32);7-8,12-13H,3-6,9-11H2,1-2H3,(H,25,29)(H,26,30);8-9,11-12H,5-7,10,13H2,1-4H3,(H,25,30)(H,26,29). The van der Waals surface area contributed by atoms with Crippen molar-refractivity contribution in [2.24, 2.45) is 5.41 Å². The van der Waals surface area contributed by atoms with E-state index in [9.17, 15) is 56.3 Å². The maximum absolute atomic E-state index is 13.6. The van der Waals surface area contributed by atoms with E-state index in [1.165, 1.54) is 48.5 Å². The number of Topliss-reactive ketones (excluding diaryl/α,β-unsaturated/α-hetero) is 3. The number of thiazole rings is 1. The normalized spacial score (nSPS) is 15.0. The van der Waals surface area contributed by atoms with Crippen LogP contribution in [0.25, 0.3) is 0 Å². The van der Waals surface area contributed by atoms with Crippen LogP contribution >= 0.6 is 11.3 Å². The van der Waals surface area contributed by atoms with Crippen molar-refractivity contribution in [1.29, 1.82) is 0 Å². The summed E-state index contributed by atoms with van der Waals surface area (Å²) in [7, 11) is 0. The Labute approximate surface area is 547 Å². The van der Waals surface area contributed by atoms with Gasteiger partial charge in [0.15, 0.2) is 0 Å². The van der Waals surface area contributed by atoms with E-state index in [-0.39, 0.29) is 63.2 Å². The van der Waals surface area contributed by atoms with Crippen LogP contribution in [0.15, 0.2) is 72.8 Å². The number of hydrogen-bond donors (Lipinski definition) is 5. The number of nitrogens with zero attached hydrogens (tertiary/aromatic N) is 5. The predicted molar refractivity (Wildman–Crippen MR) is 351 cm³/mol. The maximum Gasteiger partial charge on any atom is 0.296 e. The highest BCUT2D eigenvalue weighted by Gasteiger charge is 2.44. The van der Waals surface area contributed by atoms with Gasteiger partial charge in [0.05, 0.1) is 51.0 Å². The number of ketones is 3. The van der Waals surface area contributed by atoms with E-state index in [0.717, 1.165) is 90.4 Å². The molecule has 494 valence electrons. The Bertz CT molecular complexity index is 4200. The second-order valence-corrected chi connectivity index (χ2v) is 27.4.